The van der Waals surface area contributed by atoms with E-state index < -0.39 is 54.3 Å². The number of ether oxygens (including phenoxy) is 1. The molecule has 0 heterocycles. The third-order valence-corrected chi connectivity index (χ3v) is 2.97. The van der Waals surface area contributed by atoms with Gasteiger partial charge in [-0.05, 0) is 0 Å². The highest BCUT2D eigenvalue weighted by Crippen LogP contribution is 2.61. The van der Waals surface area contributed by atoms with Crippen molar-refractivity contribution >= 4 is 5.97 Å². The number of rotatable bonds is 9. The molecule has 0 saturated heterocycles. The molecule has 1 unspecified atom stereocenters. The first-order valence-electron chi connectivity index (χ1n) is 6.09. The van der Waals surface area contributed by atoms with Gasteiger partial charge in [0.25, 0.3) is 0 Å². The molecule has 28 heavy (non-hydrogen) atoms. The summed E-state index contributed by atoms with van der Waals surface area (Å²) in [5.74, 6) is -49.5. The highest BCUT2D eigenvalue weighted by molar-refractivity contribution is 5.81. The molecule has 0 spiro atoms. The van der Waals surface area contributed by atoms with Crippen LogP contribution in [0.2, 0.25) is 0 Å². The van der Waals surface area contributed by atoms with Crippen LogP contribution in [0.25, 0.3) is 0 Å². The first-order chi connectivity index (χ1) is 12.1. The summed E-state index contributed by atoms with van der Waals surface area (Å²) in [7, 11) is 0. The Bertz CT molecular complexity index is 597. The Labute approximate surface area is 143 Å². The van der Waals surface area contributed by atoms with Gasteiger partial charge in [-0.1, -0.05) is 6.58 Å². The zero-order valence-corrected chi connectivity index (χ0v) is 12.4. The minimum absolute atomic E-state index is 0.203. The second kappa shape index (κ2) is 7.20. The molecule has 0 saturated carbocycles. The van der Waals surface area contributed by atoms with E-state index in [1.807, 2.05) is 0 Å². The lowest BCUT2D eigenvalue weighted by atomic mass is 9.91. The second-order valence-corrected chi connectivity index (χ2v) is 4.80. The van der Waals surface area contributed by atoms with Gasteiger partial charge in [0, 0.05) is 6.08 Å². The Morgan fingerprint density at radius 2 is 1.00 bits per heavy atom. The number of halogens is 15. The maximum Gasteiger partial charge on any atom is 0.385 e. The minimum Gasteiger partial charge on any atom is -0.421 e. The normalized spacial score (nSPS) is 16.1. The van der Waals surface area contributed by atoms with Crippen LogP contribution in [0.4, 0.5) is 65.9 Å². The van der Waals surface area contributed by atoms with Crippen LogP contribution in [-0.2, 0) is 9.53 Å². The van der Waals surface area contributed by atoms with Gasteiger partial charge >= 0.3 is 54.3 Å². The van der Waals surface area contributed by atoms with Gasteiger partial charge in [-0.15, -0.1) is 0 Å². The molecule has 0 aromatic heterocycles. The van der Waals surface area contributed by atoms with Crippen LogP contribution < -0.4 is 0 Å². The molecule has 0 amide bonds. The van der Waals surface area contributed by atoms with Crippen molar-refractivity contribution < 1.29 is 75.4 Å². The number of carbonyl (C=O) groups is 1. The zero-order valence-electron chi connectivity index (χ0n) is 12.4. The lowest BCUT2D eigenvalue weighted by Crippen LogP contribution is -2.72. The van der Waals surface area contributed by atoms with Gasteiger partial charge in [0.05, 0.1) is 0 Å². The van der Waals surface area contributed by atoms with E-state index >= 15 is 0 Å². The molecule has 0 N–H and O–H groups in total. The largest absolute Gasteiger partial charge is 0.421 e. The summed E-state index contributed by atoms with van der Waals surface area (Å²) in [6.07, 6.45) is -11.2. The van der Waals surface area contributed by atoms with Gasteiger partial charge in [0.2, 0.25) is 0 Å². The van der Waals surface area contributed by atoms with Crippen molar-refractivity contribution in [2.45, 2.75) is 48.3 Å². The third-order valence-electron chi connectivity index (χ3n) is 2.97. The fourth-order valence-electron chi connectivity index (χ4n) is 1.32. The Hall–Kier alpha value is -1.84. The van der Waals surface area contributed by atoms with Gasteiger partial charge in [-0.25, -0.2) is 13.6 Å². The summed E-state index contributed by atoms with van der Waals surface area (Å²) >= 11 is 0. The number of carbonyl (C=O) groups excluding carboxylic acids is 1. The van der Waals surface area contributed by atoms with Crippen molar-refractivity contribution in [2.24, 2.45) is 0 Å². The molecule has 166 valence electrons. The lowest BCUT2D eigenvalue weighted by molar-refractivity contribution is -0.441. The molecule has 0 aliphatic rings. The molecule has 2 nitrogen and oxygen atoms in total. The fourth-order valence-corrected chi connectivity index (χ4v) is 1.32. The monoisotopic (exact) mass is 454 g/mol. The summed E-state index contributed by atoms with van der Waals surface area (Å²) in [6.45, 7) is 2.43. The number of hydrogen-bond acceptors (Lipinski definition) is 2. The molecular weight excluding hydrogens is 449 g/mol. The molecule has 0 rings (SSSR count). The van der Waals surface area contributed by atoms with Crippen molar-refractivity contribution in [3.05, 3.63) is 12.7 Å². The third kappa shape index (κ3) is 3.46. The summed E-state index contributed by atoms with van der Waals surface area (Å²) in [4.78, 5) is 10.4. The van der Waals surface area contributed by atoms with Crippen molar-refractivity contribution in [2.75, 3.05) is 0 Å². The first-order valence-corrected chi connectivity index (χ1v) is 6.09. The van der Waals surface area contributed by atoms with E-state index in [9.17, 15) is 70.7 Å². The van der Waals surface area contributed by atoms with E-state index in [2.05, 4.69) is 11.3 Å². The summed E-state index contributed by atoms with van der Waals surface area (Å²) in [5, 5.41) is 0. The summed E-state index contributed by atoms with van der Waals surface area (Å²) in [5.41, 5.74) is 0. The van der Waals surface area contributed by atoms with Gasteiger partial charge in [-0.3, -0.25) is 0 Å². The zero-order chi connectivity index (χ0) is 23.1. The predicted molar refractivity (Wildman–Crippen MR) is 56.9 cm³/mol. The molecule has 0 bridgehead atoms. The second-order valence-electron chi connectivity index (χ2n) is 4.80. The predicted octanol–water partition coefficient (Wildman–Crippen LogP) is 5.09. The van der Waals surface area contributed by atoms with Crippen molar-refractivity contribution in [1.29, 1.82) is 0 Å². The molecular formula is C11H5F15O2. The average Bonchev–Trinajstić information content (AvgIpc) is 2.53. The Morgan fingerprint density at radius 3 is 1.29 bits per heavy atom. The molecule has 0 aromatic rings. The number of esters is 1. The quantitative estimate of drug-likeness (QED) is 0.276. The molecule has 17 heteroatoms. The van der Waals surface area contributed by atoms with E-state index in [-0.39, 0.29) is 6.08 Å². The smallest absolute Gasteiger partial charge is 0.385 e. The Kier molecular flexibility index (Phi) is 6.73. The van der Waals surface area contributed by atoms with Crippen molar-refractivity contribution in [3.63, 3.8) is 0 Å². The Morgan fingerprint density at radius 1 is 0.679 bits per heavy atom. The van der Waals surface area contributed by atoms with E-state index in [0.717, 1.165) is 0 Å². The summed E-state index contributed by atoms with van der Waals surface area (Å²) < 4.78 is 195. The first kappa shape index (κ1) is 26.2. The van der Waals surface area contributed by atoms with E-state index in [0.29, 0.717) is 0 Å². The van der Waals surface area contributed by atoms with Crippen LogP contribution in [0, 0.1) is 0 Å². The molecule has 0 fully saturated rings. The number of alkyl halides is 15. The lowest BCUT2D eigenvalue weighted by Gasteiger charge is -2.41. The van der Waals surface area contributed by atoms with Crippen LogP contribution in [0.3, 0.4) is 0 Å². The van der Waals surface area contributed by atoms with Crippen LogP contribution in [-0.4, -0.2) is 54.3 Å². The average molecular weight is 454 g/mol. The van der Waals surface area contributed by atoms with E-state index in [1.54, 1.807) is 0 Å². The SMILES string of the molecule is C=CC(=O)OC(F)C(F)(F)C(F)(F)C(F)(F)C(F)(F)C(F)(F)C(F)(F)C(F)F. The maximum atomic E-state index is 13.2. The van der Waals surface area contributed by atoms with Crippen molar-refractivity contribution in [1.82, 2.24) is 0 Å². The van der Waals surface area contributed by atoms with Gasteiger partial charge in [0.15, 0.2) is 0 Å². The van der Waals surface area contributed by atoms with Crippen LogP contribution in [0.1, 0.15) is 0 Å². The minimum atomic E-state index is -8.28. The van der Waals surface area contributed by atoms with E-state index in [4.69, 9.17) is 0 Å². The van der Waals surface area contributed by atoms with Gasteiger partial charge < -0.3 is 4.74 Å². The number of hydrogen-bond donors (Lipinski definition) is 0. The maximum absolute atomic E-state index is 13.2. The Balaban J connectivity index is 6.38. The fraction of sp³-hybridized carbons (Fsp3) is 0.727. The summed E-state index contributed by atoms with van der Waals surface area (Å²) in [6, 6.07) is 0. The molecule has 1 atom stereocenters. The van der Waals surface area contributed by atoms with Crippen molar-refractivity contribution in [3.8, 4) is 0 Å². The molecule has 0 radical (unpaired) electrons. The highest BCUT2D eigenvalue weighted by atomic mass is 19.4. The molecule has 0 aliphatic heterocycles. The van der Waals surface area contributed by atoms with Crippen LogP contribution in [0.5, 0.6) is 0 Å². The van der Waals surface area contributed by atoms with Gasteiger partial charge in [-0.2, -0.15) is 57.1 Å². The highest BCUT2D eigenvalue weighted by Gasteiger charge is 2.92. The standard InChI is InChI=1S/C11H5F15O2/c1-2-3(27)28-5(14)7(17,18)9(21,22)11(25,26)10(23,24)8(19,20)6(15,16)4(12)13/h2,4-5H,1H2. The van der Waals surface area contributed by atoms with E-state index in [1.165, 1.54) is 0 Å². The van der Waals surface area contributed by atoms with Crippen LogP contribution in [0.15, 0.2) is 12.7 Å². The topological polar surface area (TPSA) is 26.3 Å². The van der Waals surface area contributed by atoms with Gasteiger partial charge in [0.1, 0.15) is 0 Å². The molecule has 0 aliphatic carbocycles. The van der Waals surface area contributed by atoms with Crippen LogP contribution >= 0.6 is 0 Å². The molecule has 0 aromatic carbocycles.